The number of benzene rings is 1. The molecule has 96 valence electrons. The Hall–Kier alpha value is -0.900. The van der Waals surface area contributed by atoms with Crippen molar-refractivity contribution in [3.05, 3.63) is 39.9 Å². The average molecular weight is 281 g/mol. The minimum absolute atomic E-state index is 0.768. The molecule has 0 fully saturated rings. The highest BCUT2D eigenvalue weighted by atomic mass is 35.5. The zero-order valence-electron chi connectivity index (χ0n) is 10.7. The lowest BCUT2D eigenvalue weighted by atomic mass is 10.2. The molecule has 0 aliphatic rings. The molecule has 2 rings (SSSR count). The Labute approximate surface area is 117 Å². The third-order valence-electron chi connectivity index (χ3n) is 2.75. The van der Waals surface area contributed by atoms with E-state index in [2.05, 4.69) is 19.2 Å². The first kappa shape index (κ1) is 13.5. The summed E-state index contributed by atoms with van der Waals surface area (Å²) in [5, 5.41) is 5.14. The molecule has 0 atom stereocenters. The SMILES string of the molecule is CCNCc1sc(-c2ccccc2Cl)nc1CC. The van der Waals surface area contributed by atoms with Gasteiger partial charge in [-0.15, -0.1) is 11.3 Å². The molecular formula is C14H17ClN2S. The molecule has 0 aliphatic carbocycles. The van der Waals surface area contributed by atoms with E-state index in [1.807, 2.05) is 24.3 Å². The summed E-state index contributed by atoms with van der Waals surface area (Å²) < 4.78 is 0. The van der Waals surface area contributed by atoms with Gasteiger partial charge in [0.1, 0.15) is 5.01 Å². The topological polar surface area (TPSA) is 24.9 Å². The second-order valence-corrected chi connectivity index (χ2v) is 5.49. The van der Waals surface area contributed by atoms with Gasteiger partial charge in [-0.05, 0) is 19.0 Å². The van der Waals surface area contributed by atoms with E-state index in [1.54, 1.807) is 11.3 Å². The van der Waals surface area contributed by atoms with Crippen molar-refractivity contribution >= 4 is 22.9 Å². The number of hydrogen-bond acceptors (Lipinski definition) is 3. The second kappa shape index (κ2) is 6.32. The van der Waals surface area contributed by atoms with E-state index < -0.39 is 0 Å². The first-order valence-electron chi connectivity index (χ1n) is 6.20. The molecular weight excluding hydrogens is 264 g/mol. The van der Waals surface area contributed by atoms with Crippen molar-refractivity contribution in [1.82, 2.24) is 10.3 Å². The standard InChI is InChI=1S/C14H17ClN2S/c1-3-12-13(9-16-4-2)18-14(17-12)10-7-5-6-8-11(10)15/h5-8,16H,3-4,9H2,1-2H3. The summed E-state index contributed by atoms with van der Waals surface area (Å²) in [5.74, 6) is 0. The van der Waals surface area contributed by atoms with Gasteiger partial charge in [-0.3, -0.25) is 0 Å². The van der Waals surface area contributed by atoms with Gasteiger partial charge in [0.25, 0.3) is 0 Å². The number of rotatable bonds is 5. The monoisotopic (exact) mass is 280 g/mol. The number of halogens is 1. The van der Waals surface area contributed by atoms with Gasteiger partial charge < -0.3 is 5.32 Å². The Balaban J connectivity index is 2.35. The fraction of sp³-hybridized carbons (Fsp3) is 0.357. The van der Waals surface area contributed by atoms with Crippen molar-refractivity contribution in [1.29, 1.82) is 0 Å². The second-order valence-electron chi connectivity index (χ2n) is 4.00. The van der Waals surface area contributed by atoms with E-state index in [0.29, 0.717) is 0 Å². The van der Waals surface area contributed by atoms with Gasteiger partial charge in [-0.1, -0.05) is 43.6 Å². The van der Waals surface area contributed by atoms with Gasteiger partial charge in [-0.2, -0.15) is 0 Å². The van der Waals surface area contributed by atoms with Crippen molar-refractivity contribution < 1.29 is 0 Å². The molecule has 2 nitrogen and oxygen atoms in total. The first-order valence-corrected chi connectivity index (χ1v) is 7.39. The molecule has 0 radical (unpaired) electrons. The van der Waals surface area contributed by atoms with Gasteiger partial charge in [0, 0.05) is 17.0 Å². The van der Waals surface area contributed by atoms with Crippen LogP contribution in [0.25, 0.3) is 10.6 Å². The van der Waals surface area contributed by atoms with Crippen molar-refractivity contribution in [3.63, 3.8) is 0 Å². The molecule has 0 aliphatic heterocycles. The van der Waals surface area contributed by atoms with Crippen LogP contribution in [0.1, 0.15) is 24.4 Å². The van der Waals surface area contributed by atoms with Crippen LogP contribution in [0.5, 0.6) is 0 Å². The molecule has 0 unspecified atom stereocenters. The third-order valence-corrected chi connectivity index (χ3v) is 4.21. The van der Waals surface area contributed by atoms with Crippen LogP contribution >= 0.6 is 22.9 Å². The number of nitrogens with one attached hydrogen (secondary N) is 1. The van der Waals surface area contributed by atoms with E-state index in [1.165, 1.54) is 10.6 Å². The van der Waals surface area contributed by atoms with Crippen molar-refractivity contribution in [2.45, 2.75) is 26.8 Å². The van der Waals surface area contributed by atoms with Crippen LogP contribution in [0, 0.1) is 0 Å². The molecule has 1 aromatic carbocycles. The Bertz CT molecular complexity index is 522. The summed E-state index contributed by atoms with van der Waals surface area (Å²) in [6.07, 6.45) is 0.960. The number of hydrogen-bond donors (Lipinski definition) is 1. The van der Waals surface area contributed by atoms with Crippen LogP contribution in [0.2, 0.25) is 5.02 Å². The number of aromatic nitrogens is 1. The molecule has 0 saturated carbocycles. The van der Waals surface area contributed by atoms with Gasteiger partial charge in [0.15, 0.2) is 0 Å². The van der Waals surface area contributed by atoms with E-state index in [4.69, 9.17) is 16.6 Å². The van der Waals surface area contributed by atoms with Gasteiger partial charge in [0.2, 0.25) is 0 Å². The van der Waals surface area contributed by atoms with Gasteiger partial charge in [0.05, 0.1) is 10.7 Å². The van der Waals surface area contributed by atoms with E-state index in [0.717, 1.165) is 35.1 Å². The van der Waals surface area contributed by atoms with Gasteiger partial charge >= 0.3 is 0 Å². The quantitative estimate of drug-likeness (QED) is 0.890. The highest BCUT2D eigenvalue weighted by Gasteiger charge is 2.12. The Morgan fingerprint density at radius 1 is 1.28 bits per heavy atom. The fourth-order valence-electron chi connectivity index (χ4n) is 1.79. The number of thiazole rings is 1. The lowest BCUT2D eigenvalue weighted by molar-refractivity contribution is 0.727. The molecule has 0 spiro atoms. The lowest BCUT2D eigenvalue weighted by Crippen LogP contribution is -2.11. The zero-order chi connectivity index (χ0) is 13.0. The maximum absolute atomic E-state index is 6.22. The van der Waals surface area contributed by atoms with Crippen molar-refractivity contribution in [2.24, 2.45) is 0 Å². The molecule has 2 aromatic rings. The summed E-state index contributed by atoms with van der Waals surface area (Å²) >= 11 is 7.95. The normalized spacial score (nSPS) is 10.8. The predicted octanol–water partition coefficient (Wildman–Crippen LogP) is 4.14. The molecule has 1 heterocycles. The van der Waals surface area contributed by atoms with E-state index in [-0.39, 0.29) is 0 Å². The van der Waals surface area contributed by atoms with Crippen LogP contribution in [0.4, 0.5) is 0 Å². The predicted molar refractivity (Wildman–Crippen MR) is 79.3 cm³/mol. The highest BCUT2D eigenvalue weighted by Crippen LogP contribution is 2.33. The first-order chi connectivity index (χ1) is 8.76. The molecule has 0 saturated heterocycles. The van der Waals surface area contributed by atoms with Crippen LogP contribution < -0.4 is 5.32 Å². The Kier molecular flexibility index (Phi) is 4.75. The minimum atomic E-state index is 0.768. The zero-order valence-corrected chi connectivity index (χ0v) is 12.2. The van der Waals surface area contributed by atoms with Crippen LogP contribution in [0.15, 0.2) is 24.3 Å². The Morgan fingerprint density at radius 3 is 2.72 bits per heavy atom. The van der Waals surface area contributed by atoms with Crippen LogP contribution in [-0.2, 0) is 13.0 Å². The fourth-order valence-corrected chi connectivity index (χ4v) is 3.23. The third kappa shape index (κ3) is 2.91. The molecule has 1 aromatic heterocycles. The summed E-state index contributed by atoms with van der Waals surface area (Å²) in [7, 11) is 0. The number of aryl methyl sites for hydroxylation is 1. The lowest BCUT2D eigenvalue weighted by Gasteiger charge is -1.99. The molecule has 4 heteroatoms. The number of nitrogens with zero attached hydrogens (tertiary/aromatic N) is 1. The maximum Gasteiger partial charge on any atom is 0.125 e. The van der Waals surface area contributed by atoms with E-state index >= 15 is 0 Å². The van der Waals surface area contributed by atoms with Crippen LogP contribution in [-0.4, -0.2) is 11.5 Å². The Morgan fingerprint density at radius 2 is 2.06 bits per heavy atom. The molecule has 0 bridgehead atoms. The summed E-state index contributed by atoms with van der Waals surface area (Å²) in [6, 6.07) is 7.88. The maximum atomic E-state index is 6.22. The highest BCUT2D eigenvalue weighted by molar-refractivity contribution is 7.15. The average Bonchev–Trinajstić information content (AvgIpc) is 2.80. The summed E-state index contributed by atoms with van der Waals surface area (Å²) in [4.78, 5) is 6.02. The van der Waals surface area contributed by atoms with Crippen LogP contribution in [0.3, 0.4) is 0 Å². The molecule has 1 N–H and O–H groups in total. The van der Waals surface area contributed by atoms with Gasteiger partial charge in [-0.25, -0.2) is 4.98 Å². The summed E-state index contributed by atoms with van der Waals surface area (Å²) in [5.41, 5.74) is 2.21. The largest absolute Gasteiger partial charge is 0.312 e. The van der Waals surface area contributed by atoms with Crippen molar-refractivity contribution in [2.75, 3.05) is 6.54 Å². The minimum Gasteiger partial charge on any atom is -0.312 e. The molecule has 0 amide bonds. The molecule has 18 heavy (non-hydrogen) atoms. The van der Waals surface area contributed by atoms with E-state index in [9.17, 15) is 0 Å². The van der Waals surface area contributed by atoms with Crippen molar-refractivity contribution in [3.8, 4) is 10.6 Å². The summed E-state index contributed by atoms with van der Waals surface area (Å²) in [6.45, 7) is 6.12. The smallest absolute Gasteiger partial charge is 0.125 e.